The van der Waals surface area contributed by atoms with Crippen LogP contribution in [0.2, 0.25) is 0 Å². The predicted octanol–water partition coefficient (Wildman–Crippen LogP) is 3.08. The third kappa shape index (κ3) is 4.42. The number of nitrogens with one attached hydrogen (secondary N) is 1. The highest BCUT2D eigenvalue weighted by atomic mass is 32.2. The molecule has 1 saturated heterocycles. The lowest BCUT2D eigenvalue weighted by Gasteiger charge is -2.27. The number of thiazole rings is 1. The standard InChI is InChI=1S/C21H23N3O5S3/c1-3-24-17-6-4-14(12-19(17)31-21(24)26)22-32(27,28)15-5-7-18(30-2)16(13-15)20(25)23-8-10-29-11-9-23/h4-7,12-13,22H,3,8-11H2,1-2H3. The van der Waals surface area contributed by atoms with Gasteiger partial charge in [-0.3, -0.25) is 18.9 Å². The van der Waals surface area contributed by atoms with Gasteiger partial charge in [0.2, 0.25) is 0 Å². The van der Waals surface area contributed by atoms with E-state index in [1.54, 1.807) is 33.7 Å². The van der Waals surface area contributed by atoms with Gasteiger partial charge >= 0.3 is 4.87 Å². The van der Waals surface area contributed by atoms with Gasteiger partial charge in [0, 0.05) is 24.5 Å². The number of carbonyl (C=O) groups is 1. The molecule has 1 fully saturated rings. The Balaban J connectivity index is 1.65. The second kappa shape index (κ2) is 9.26. The Morgan fingerprint density at radius 1 is 1.19 bits per heavy atom. The lowest BCUT2D eigenvalue weighted by molar-refractivity contribution is 0.0300. The minimum absolute atomic E-state index is 0.00585. The number of anilines is 1. The van der Waals surface area contributed by atoms with Crippen LogP contribution in [0.4, 0.5) is 5.69 Å². The number of fused-ring (bicyclic) bond motifs is 1. The van der Waals surface area contributed by atoms with Gasteiger partial charge in [0.25, 0.3) is 15.9 Å². The third-order valence-electron chi connectivity index (χ3n) is 5.25. The molecule has 0 radical (unpaired) electrons. The first kappa shape index (κ1) is 22.8. The number of sulfonamides is 1. The van der Waals surface area contributed by atoms with Crippen LogP contribution in [-0.2, 0) is 21.3 Å². The molecule has 1 aliphatic heterocycles. The largest absolute Gasteiger partial charge is 0.378 e. The van der Waals surface area contributed by atoms with E-state index in [4.69, 9.17) is 4.74 Å². The number of nitrogens with zero attached hydrogens (tertiary/aromatic N) is 2. The Labute approximate surface area is 194 Å². The van der Waals surface area contributed by atoms with Gasteiger partial charge in [0.1, 0.15) is 0 Å². The number of aryl methyl sites for hydroxylation is 1. The Kier molecular flexibility index (Phi) is 6.61. The highest BCUT2D eigenvalue weighted by molar-refractivity contribution is 7.98. The molecule has 0 unspecified atom stereocenters. The maximum absolute atomic E-state index is 13.1. The van der Waals surface area contributed by atoms with Gasteiger partial charge in [-0.25, -0.2) is 8.42 Å². The summed E-state index contributed by atoms with van der Waals surface area (Å²) in [5.74, 6) is -0.207. The number of morpholine rings is 1. The van der Waals surface area contributed by atoms with Crippen LogP contribution in [0.15, 0.2) is 51.0 Å². The van der Waals surface area contributed by atoms with Gasteiger partial charge in [0.05, 0.1) is 39.6 Å². The summed E-state index contributed by atoms with van der Waals surface area (Å²) in [6, 6.07) is 9.60. The molecular formula is C21H23N3O5S3. The van der Waals surface area contributed by atoms with Gasteiger partial charge in [-0.15, -0.1) is 11.8 Å². The molecule has 3 aromatic rings. The van der Waals surface area contributed by atoms with Crippen LogP contribution in [-0.4, -0.2) is 56.4 Å². The predicted molar refractivity (Wildman–Crippen MR) is 128 cm³/mol. The van der Waals surface area contributed by atoms with E-state index in [2.05, 4.69) is 4.72 Å². The Hall–Kier alpha value is -2.34. The van der Waals surface area contributed by atoms with Crippen LogP contribution in [0.3, 0.4) is 0 Å². The van der Waals surface area contributed by atoms with E-state index in [1.165, 1.54) is 23.9 Å². The molecule has 1 amide bonds. The maximum atomic E-state index is 13.1. The summed E-state index contributed by atoms with van der Waals surface area (Å²) < 4.78 is 36.4. The van der Waals surface area contributed by atoms with E-state index in [9.17, 15) is 18.0 Å². The second-order valence-electron chi connectivity index (χ2n) is 7.17. The van der Waals surface area contributed by atoms with E-state index >= 15 is 0 Å². The molecule has 1 aromatic heterocycles. The normalized spacial score (nSPS) is 14.6. The first-order valence-electron chi connectivity index (χ1n) is 10.1. The van der Waals surface area contributed by atoms with Crippen LogP contribution >= 0.6 is 23.1 Å². The van der Waals surface area contributed by atoms with Crippen LogP contribution in [0.25, 0.3) is 10.2 Å². The number of rotatable bonds is 6. The molecular weight excluding hydrogens is 470 g/mol. The van der Waals surface area contributed by atoms with Crippen molar-refractivity contribution in [2.45, 2.75) is 23.3 Å². The second-order valence-corrected chi connectivity index (χ2v) is 10.7. The van der Waals surface area contributed by atoms with Crippen molar-refractivity contribution in [2.75, 3.05) is 37.3 Å². The Bertz CT molecular complexity index is 1320. The highest BCUT2D eigenvalue weighted by Gasteiger charge is 2.24. The SMILES string of the molecule is CCn1c(=O)sc2cc(NS(=O)(=O)c3ccc(SC)c(C(=O)N4CCOCC4)c3)ccc21. The first-order chi connectivity index (χ1) is 15.3. The monoisotopic (exact) mass is 493 g/mol. The summed E-state index contributed by atoms with van der Waals surface area (Å²) >= 11 is 2.47. The van der Waals surface area contributed by atoms with Crippen LogP contribution in [0, 0.1) is 0 Å². The molecule has 170 valence electrons. The average molecular weight is 494 g/mol. The molecule has 2 heterocycles. The van der Waals surface area contributed by atoms with Crippen molar-refractivity contribution in [2.24, 2.45) is 0 Å². The fraction of sp³-hybridized carbons (Fsp3) is 0.333. The Morgan fingerprint density at radius 2 is 1.94 bits per heavy atom. The molecule has 8 nitrogen and oxygen atoms in total. The summed E-state index contributed by atoms with van der Waals surface area (Å²) in [4.78, 5) is 27.4. The van der Waals surface area contributed by atoms with Crippen molar-refractivity contribution in [3.63, 3.8) is 0 Å². The van der Waals surface area contributed by atoms with Crippen LogP contribution in [0.5, 0.6) is 0 Å². The van der Waals surface area contributed by atoms with E-state index in [0.29, 0.717) is 53.7 Å². The van der Waals surface area contributed by atoms with Crippen LogP contribution in [0.1, 0.15) is 17.3 Å². The van der Waals surface area contributed by atoms with E-state index in [0.717, 1.165) is 16.9 Å². The summed E-state index contributed by atoms with van der Waals surface area (Å²) in [6.45, 7) is 4.32. The van der Waals surface area contributed by atoms with Crippen LogP contribution < -0.4 is 9.60 Å². The first-order valence-corrected chi connectivity index (χ1v) is 13.6. The molecule has 4 rings (SSSR count). The fourth-order valence-corrected chi connectivity index (χ4v) is 6.24. The molecule has 1 N–H and O–H groups in total. The quantitative estimate of drug-likeness (QED) is 0.530. The molecule has 0 aliphatic carbocycles. The number of carbonyl (C=O) groups excluding carboxylic acids is 1. The number of amides is 1. The van der Waals surface area contributed by atoms with E-state index in [-0.39, 0.29) is 15.7 Å². The highest BCUT2D eigenvalue weighted by Crippen LogP contribution is 2.28. The number of hydrogen-bond acceptors (Lipinski definition) is 7. The Morgan fingerprint density at radius 3 is 2.62 bits per heavy atom. The van der Waals surface area contributed by atoms with Gasteiger partial charge < -0.3 is 9.64 Å². The lowest BCUT2D eigenvalue weighted by atomic mass is 10.2. The van der Waals surface area contributed by atoms with Crippen molar-refractivity contribution in [1.29, 1.82) is 0 Å². The van der Waals surface area contributed by atoms with Gasteiger partial charge in [-0.05, 0) is 49.6 Å². The van der Waals surface area contributed by atoms with Gasteiger partial charge in [-0.1, -0.05) is 11.3 Å². The third-order valence-corrected chi connectivity index (χ3v) is 8.36. The smallest absolute Gasteiger partial charge is 0.308 e. The summed E-state index contributed by atoms with van der Waals surface area (Å²) in [5, 5.41) is 0. The zero-order valence-electron chi connectivity index (χ0n) is 17.7. The molecule has 11 heteroatoms. The minimum Gasteiger partial charge on any atom is -0.378 e. The topological polar surface area (TPSA) is 97.7 Å². The molecule has 0 atom stereocenters. The van der Waals surface area contributed by atoms with Crippen molar-refractivity contribution < 1.29 is 17.9 Å². The van der Waals surface area contributed by atoms with E-state index in [1.807, 2.05) is 13.2 Å². The summed E-state index contributed by atoms with van der Waals surface area (Å²) in [6.07, 6.45) is 1.85. The average Bonchev–Trinajstić information content (AvgIpc) is 3.12. The van der Waals surface area contributed by atoms with Crippen molar-refractivity contribution >= 4 is 54.9 Å². The fourth-order valence-electron chi connectivity index (χ4n) is 3.60. The zero-order valence-corrected chi connectivity index (χ0v) is 20.1. The number of benzene rings is 2. The lowest BCUT2D eigenvalue weighted by Crippen LogP contribution is -2.40. The maximum Gasteiger partial charge on any atom is 0.308 e. The van der Waals surface area contributed by atoms with Crippen molar-refractivity contribution in [3.05, 3.63) is 51.6 Å². The molecule has 32 heavy (non-hydrogen) atoms. The molecule has 0 spiro atoms. The number of thioether (sulfide) groups is 1. The molecule has 0 saturated carbocycles. The number of aromatic nitrogens is 1. The number of hydrogen-bond donors (Lipinski definition) is 1. The van der Waals surface area contributed by atoms with E-state index < -0.39 is 10.0 Å². The van der Waals surface area contributed by atoms with Gasteiger partial charge in [-0.2, -0.15) is 0 Å². The summed E-state index contributed by atoms with van der Waals surface area (Å²) in [7, 11) is -3.94. The zero-order chi connectivity index (χ0) is 22.9. The molecule has 2 aromatic carbocycles. The minimum atomic E-state index is -3.94. The van der Waals surface area contributed by atoms with Crippen molar-refractivity contribution in [3.8, 4) is 0 Å². The summed E-state index contributed by atoms with van der Waals surface area (Å²) in [5.41, 5.74) is 1.49. The molecule has 0 bridgehead atoms. The number of ether oxygens (including phenoxy) is 1. The van der Waals surface area contributed by atoms with Crippen molar-refractivity contribution in [1.82, 2.24) is 9.47 Å². The molecule has 1 aliphatic rings. The van der Waals surface area contributed by atoms with Gasteiger partial charge in [0.15, 0.2) is 0 Å².